The van der Waals surface area contributed by atoms with Crippen LogP contribution < -0.4 is 4.74 Å². The molecule has 21 heavy (non-hydrogen) atoms. The van der Waals surface area contributed by atoms with E-state index in [9.17, 15) is 4.39 Å². The van der Waals surface area contributed by atoms with Crippen molar-refractivity contribution in [2.45, 2.75) is 17.2 Å². The van der Waals surface area contributed by atoms with Crippen LogP contribution in [0.1, 0.15) is 11.1 Å². The average molecular weight is 305 g/mol. The molecule has 2 nitrogen and oxygen atoms in total. The SMILES string of the molecule is COc1cc(F)c(SCc2ccccc2)cc1CN(C)C. The van der Waals surface area contributed by atoms with Gasteiger partial charge >= 0.3 is 0 Å². The lowest BCUT2D eigenvalue weighted by Gasteiger charge is -2.15. The Labute approximate surface area is 129 Å². The highest BCUT2D eigenvalue weighted by Gasteiger charge is 2.12. The molecule has 0 aliphatic heterocycles. The largest absolute Gasteiger partial charge is 0.496 e. The van der Waals surface area contributed by atoms with Gasteiger partial charge < -0.3 is 9.64 Å². The quantitative estimate of drug-likeness (QED) is 0.743. The van der Waals surface area contributed by atoms with E-state index >= 15 is 0 Å². The minimum Gasteiger partial charge on any atom is -0.496 e. The van der Waals surface area contributed by atoms with E-state index in [0.717, 1.165) is 17.9 Å². The van der Waals surface area contributed by atoms with Crippen LogP contribution in [0.4, 0.5) is 4.39 Å². The number of hydrogen-bond donors (Lipinski definition) is 0. The minimum absolute atomic E-state index is 0.227. The molecule has 0 heterocycles. The number of nitrogens with zero attached hydrogens (tertiary/aromatic N) is 1. The molecule has 0 amide bonds. The summed E-state index contributed by atoms with van der Waals surface area (Å²) in [5, 5.41) is 0. The number of halogens is 1. The first-order valence-corrected chi connectivity index (χ1v) is 7.76. The molecule has 0 atom stereocenters. The molecule has 0 spiro atoms. The zero-order valence-corrected chi connectivity index (χ0v) is 13.4. The Morgan fingerprint density at radius 3 is 2.48 bits per heavy atom. The molecule has 0 saturated carbocycles. The van der Waals surface area contributed by atoms with Gasteiger partial charge in [-0.1, -0.05) is 30.3 Å². The Balaban J connectivity index is 2.18. The van der Waals surface area contributed by atoms with Crippen LogP contribution >= 0.6 is 11.8 Å². The molecule has 4 heteroatoms. The van der Waals surface area contributed by atoms with Gasteiger partial charge in [0.1, 0.15) is 11.6 Å². The van der Waals surface area contributed by atoms with Crippen molar-refractivity contribution in [1.82, 2.24) is 4.90 Å². The van der Waals surface area contributed by atoms with E-state index in [0.29, 0.717) is 10.6 Å². The predicted molar refractivity (Wildman–Crippen MR) is 86.3 cm³/mol. The van der Waals surface area contributed by atoms with Crippen LogP contribution in [-0.4, -0.2) is 26.1 Å². The first-order chi connectivity index (χ1) is 10.1. The second kappa shape index (κ2) is 7.48. The second-order valence-electron chi connectivity index (χ2n) is 5.11. The number of methoxy groups -OCH3 is 1. The Kier molecular flexibility index (Phi) is 5.65. The highest BCUT2D eigenvalue weighted by atomic mass is 32.2. The molecule has 0 saturated heterocycles. The Bertz CT molecular complexity index is 587. The molecule has 2 aromatic rings. The van der Waals surface area contributed by atoms with Crippen LogP contribution in [-0.2, 0) is 12.3 Å². The molecule has 0 bridgehead atoms. The molecule has 0 unspecified atom stereocenters. The fourth-order valence-corrected chi connectivity index (χ4v) is 3.01. The molecule has 0 aromatic heterocycles. The molecule has 0 radical (unpaired) electrons. The van der Waals surface area contributed by atoms with Crippen LogP contribution in [0, 0.1) is 5.82 Å². The van der Waals surface area contributed by atoms with E-state index in [-0.39, 0.29) is 5.82 Å². The summed E-state index contributed by atoms with van der Waals surface area (Å²) in [7, 11) is 5.55. The summed E-state index contributed by atoms with van der Waals surface area (Å²) in [5.41, 5.74) is 2.19. The summed E-state index contributed by atoms with van der Waals surface area (Å²) in [5.74, 6) is 1.13. The van der Waals surface area contributed by atoms with Crippen molar-refractivity contribution in [1.29, 1.82) is 0 Å². The topological polar surface area (TPSA) is 12.5 Å². The van der Waals surface area contributed by atoms with E-state index in [2.05, 4.69) is 12.1 Å². The number of ether oxygens (including phenoxy) is 1. The zero-order valence-electron chi connectivity index (χ0n) is 12.6. The van der Waals surface area contributed by atoms with Crippen molar-refractivity contribution in [2.24, 2.45) is 0 Å². The molecule has 2 aromatic carbocycles. The summed E-state index contributed by atoms with van der Waals surface area (Å²) in [6, 6.07) is 13.4. The zero-order chi connectivity index (χ0) is 15.2. The first kappa shape index (κ1) is 15.9. The van der Waals surface area contributed by atoms with Crippen LogP contribution in [0.3, 0.4) is 0 Å². The average Bonchev–Trinajstić information content (AvgIpc) is 2.47. The molecule has 2 rings (SSSR count). The smallest absolute Gasteiger partial charge is 0.140 e. The summed E-state index contributed by atoms with van der Waals surface area (Å²) >= 11 is 1.51. The predicted octanol–water partition coefficient (Wildman–Crippen LogP) is 4.19. The van der Waals surface area contributed by atoms with Gasteiger partial charge in [-0.2, -0.15) is 0 Å². The highest BCUT2D eigenvalue weighted by molar-refractivity contribution is 7.98. The van der Waals surface area contributed by atoms with Gasteiger partial charge in [0.2, 0.25) is 0 Å². The molecule has 112 valence electrons. The van der Waals surface area contributed by atoms with Crippen LogP contribution in [0.5, 0.6) is 5.75 Å². The van der Waals surface area contributed by atoms with Gasteiger partial charge in [0.15, 0.2) is 0 Å². The lowest BCUT2D eigenvalue weighted by molar-refractivity contribution is 0.368. The van der Waals surface area contributed by atoms with Gasteiger partial charge in [-0.3, -0.25) is 0 Å². The second-order valence-corrected chi connectivity index (χ2v) is 6.12. The maximum Gasteiger partial charge on any atom is 0.140 e. The van der Waals surface area contributed by atoms with Crippen molar-refractivity contribution in [3.05, 3.63) is 59.4 Å². The fraction of sp³-hybridized carbons (Fsp3) is 0.294. The summed E-state index contributed by atoms with van der Waals surface area (Å²) in [6.07, 6.45) is 0. The molecular weight excluding hydrogens is 285 g/mol. The summed E-state index contributed by atoms with van der Waals surface area (Å²) < 4.78 is 19.4. The Hall–Kier alpha value is -1.52. The third-order valence-corrected chi connectivity index (χ3v) is 4.16. The van der Waals surface area contributed by atoms with E-state index in [1.807, 2.05) is 43.3 Å². The molecule has 0 aliphatic carbocycles. The Morgan fingerprint density at radius 1 is 1.14 bits per heavy atom. The fourth-order valence-electron chi connectivity index (χ4n) is 2.08. The van der Waals surface area contributed by atoms with Crippen molar-refractivity contribution in [3.8, 4) is 5.75 Å². The standard InChI is InChI=1S/C17H20FNOS/c1-19(2)11-14-9-17(15(18)10-16(14)20-3)21-12-13-7-5-4-6-8-13/h4-10H,11-12H2,1-3H3. The normalized spacial score (nSPS) is 10.9. The van der Waals surface area contributed by atoms with Crippen molar-refractivity contribution >= 4 is 11.8 Å². The van der Waals surface area contributed by atoms with Crippen LogP contribution in [0.2, 0.25) is 0 Å². The van der Waals surface area contributed by atoms with Gasteiger partial charge in [-0.05, 0) is 25.7 Å². The first-order valence-electron chi connectivity index (χ1n) is 6.78. The van der Waals surface area contributed by atoms with E-state index in [4.69, 9.17) is 4.74 Å². The molecule has 0 N–H and O–H groups in total. The highest BCUT2D eigenvalue weighted by Crippen LogP contribution is 2.31. The third kappa shape index (κ3) is 4.48. The van der Waals surface area contributed by atoms with Crippen LogP contribution in [0.15, 0.2) is 47.4 Å². The van der Waals surface area contributed by atoms with Crippen molar-refractivity contribution < 1.29 is 9.13 Å². The van der Waals surface area contributed by atoms with E-state index < -0.39 is 0 Å². The van der Waals surface area contributed by atoms with E-state index in [1.165, 1.54) is 23.4 Å². The molecular formula is C17H20FNOS. The number of rotatable bonds is 6. The summed E-state index contributed by atoms with van der Waals surface area (Å²) in [4.78, 5) is 2.71. The van der Waals surface area contributed by atoms with Gasteiger partial charge in [-0.15, -0.1) is 11.8 Å². The monoisotopic (exact) mass is 305 g/mol. The maximum absolute atomic E-state index is 14.1. The van der Waals surface area contributed by atoms with Gasteiger partial charge in [0.05, 0.1) is 7.11 Å². The van der Waals surface area contributed by atoms with Crippen LogP contribution in [0.25, 0.3) is 0 Å². The van der Waals surface area contributed by atoms with Gasteiger partial charge in [0.25, 0.3) is 0 Å². The van der Waals surface area contributed by atoms with Crippen molar-refractivity contribution in [2.75, 3.05) is 21.2 Å². The Morgan fingerprint density at radius 2 is 1.86 bits per heavy atom. The summed E-state index contributed by atoms with van der Waals surface area (Å²) in [6.45, 7) is 0.725. The maximum atomic E-state index is 14.1. The van der Waals surface area contributed by atoms with E-state index in [1.54, 1.807) is 7.11 Å². The molecule has 0 aliphatic rings. The van der Waals surface area contributed by atoms with Gasteiger partial charge in [0, 0.05) is 28.8 Å². The lowest BCUT2D eigenvalue weighted by atomic mass is 10.2. The molecule has 0 fully saturated rings. The minimum atomic E-state index is -0.227. The third-order valence-electron chi connectivity index (χ3n) is 3.06. The number of benzene rings is 2. The number of hydrogen-bond acceptors (Lipinski definition) is 3. The van der Waals surface area contributed by atoms with Gasteiger partial charge in [-0.25, -0.2) is 4.39 Å². The van der Waals surface area contributed by atoms with Crippen molar-refractivity contribution in [3.63, 3.8) is 0 Å². The number of thioether (sulfide) groups is 1. The lowest BCUT2D eigenvalue weighted by Crippen LogP contribution is -2.12.